The highest BCUT2D eigenvalue weighted by Crippen LogP contribution is 2.29. The van der Waals surface area contributed by atoms with Gasteiger partial charge in [0.05, 0.1) is 10.6 Å². The largest absolute Gasteiger partial charge is 0.337 e. The number of benzene rings is 3. The zero-order valence-electron chi connectivity index (χ0n) is 17.2. The molecule has 5 nitrogen and oxygen atoms in total. The molecule has 0 unspecified atom stereocenters. The second kappa shape index (κ2) is 8.88. The number of aryl methyl sites for hydroxylation is 1. The third-order valence-corrected chi connectivity index (χ3v) is 7.35. The fourth-order valence-corrected chi connectivity index (χ4v) is 5.67. The van der Waals surface area contributed by atoms with Crippen LogP contribution in [-0.4, -0.2) is 18.9 Å². The normalized spacial score (nSPS) is 11.6. The van der Waals surface area contributed by atoms with Crippen molar-refractivity contribution < 1.29 is 17.6 Å². The number of nitrogens with zero attached hydrogens (tertiary/aromatic N) is 1. The number of aromatic nitrogens is 1. The van der Waals surface area contributed by atoms with Crippen molar-refractivity contribution >= 4 is 48.3 Å². The minimum Gasteiger partial charge on any atom is -0.337 e. The lowest BCUT2D eigenvalue weighted by Gasteiger charge is -2.10. The first-order valence-electron chi connectivity index (χ1n) is 9.84. The van der Waals surface area contributed by atoms with Crippen LogP contribution in [0.1, 0.15) is 11.1 Å². The Morgan fingerprint density at radius 2 is 1.78 bits per heavy atom. The van der Waals surface area contributed by atoms with Crippen LogP contribution in [0.25, 0.3) is 10.9 Å². The van der Waals surface area contributed by atoms with Crippen molar-refractivity contribution in [3.05, 3.63) is 94.3 Å². The molecule has 0 radical (unpaired) electrons. The topological polar surface area (TPSA) is 68.2 Å². The Morgan fingerprint density at radius 3 is 2.53 bits per heavy atom. The number of hydrogen-bond donors (Lipinski definition) is 1. The molecule has 4 rings (SSSR count). The summed E-state index contributed by atoms with van der Waals surface area (Å²) in [5.74, 6) is -1.31. The maximum atomic E-state index is 14.1. The van der Waals surface area contributed by atoms with E-state index >= 15 is 0 Å². The summed E-state index contributed by atoms with van der Waals surface area (Å²) in [7, 11) is -3.85. The zero-order valence-corrected chi connectivity index (χ0v) is 19.6. The average Bonchev–Trinajstić information content (AvgIpc) is 3.11. The summed E-state index contributed by atoms with van der Waals surface area (Å²) in [5, 5.41) is 3.36. The van der Waals surface area contributed by atoms with Gasteiger partial charge in [0.15, 0.2) is 9.84 Å². The number of nitrogens with one attached hydrogen (secondary N) is 1. The van der Waals surface area contributed by atoms with Gasteiger partial charge in [-0.25, -0.2) is 12.8 Å². The summed E-state index contributed by atoms with van der Waals surface area (Å²) < 4.78 is 42.9. The second-order valence-corrected chi connectivity index (χ2v) is 10.4. The van der Waals surface area contributed by atoms with Crippen LogP contribution in [0.5, 0.6) is 0 Å². The highest BCUT2D eigenvalue weighted by atomic mass is 79.9. The maximum Gasteiger partial charge on any atom is 0.244 e. The van der Waals surface area contributed by atoms with E-state index in [2.05, 4.69) is 21.2 Å². The lowest BCUT2D eigenvalue weighted by Crippen LogP contribution is -2.18. The van der Waals surface area contributed by atoms with E-state index < -0.39 is 21.4 Å². The Bertz CT molecular complexity index is 1430. The van der Waals surface area contributed by atoms with Crippen LogP contribution in [0.4, 0.5) is 10.1 Å². The highest BCUT2D eigenvalue weighted by Gasteiger charge is 2.23. The smallest absolute Gasteiger partial charge is 0.244 e. The fraction of sp³-hybridized carbons (Fsp3) is 0.125. The van der Waals surface area contributed by atoms with Gasteiger partial charge >= 0.3 is 0 Å². The lowest BCUT2D eigenvalue weighted by atomic mass is 10.2. The molecule has 0 aliphatic carbocycles. The second-order valence-electron chi connectivity index (χ2n) is 7.50. The number of rotatable bonds is 6. The summed E-state index contributed by atoms with van der Waals surface area (Å²) in [5.41, 5.74) is 2.30. The number of amides is 1. The summed E-state index contributed by atoms with van der Waals surface area (Å²) in [6.45, 7) is 1.82. The molecule has 32 heavy (non-hydrogen) atoms. The van der Waals surface area contributed by atoms with Gasteiger partial charge in [-0.3, -0.25) is 4.79 Å². The molecule has 1 aromatic heterocycles. The molecular formula is C24H20BrFN2O3S. The van der Waals surface area contributed by atoms with E-state index in [4.69, 9.17) is 0 Å². The van der Waals surface area contributed by atoms with E-state index in [1.54, 1.807) is 41.0 Å². The van der Waals surface area contributed by atoms with Crippen LogP contribution in [0.15, 0.2) is 82.3 Å². The first-order chi connectivity index (χ1) is 15.2. The van der Waals surface area contributed by atoms with Crippen molar-refractivity contribution in [1.82, 2.24) is 4.57 Å². The molecule has 3 aromatic carbocycles. The number of hydrogen-bond acceptors (Lipinski definition) is 3. The molecule has 0 fully saturated rings. The maximum absolute atomic E-state index is 14.1. The SMILES string of the molecule is Cc1cc(Br)ccc1NC(=O)Cn1cc(S(=O)(=O)Cc2ccccc2F)c2ccccc21. The predicted molar refractivity (Wildman–Crippen MR) is 127 cm³/mol. The molecule has 0 saturated carbocycles. The first-order valence-corrected chi connectivity index (χ1v) is 12.3. The molecule has 0 atom stereocenters. The summed E-state index contributed by atoms with van der Waals surface area (Å²) in [4.78, 5) is 12.8. The lowest BCUT2D eigenvalue weighted by molar-refractivity contribution is -0.116. The van der Waals surface area contributed by atoms with Gasteiger partial charge in [0.25, 0.3) is 0 Å². The number of para-hydroxylation sites is 1. The van der Waals surface area contributed by atoms with Gasteiger partial charge in [0, 0.05) is 32.8 Å². The van der Waals surface area contributed by atoms with Crippen molar-refractivity contribution in [2.45, 2.75) is 24.1 Å². The van der Waals surface area contributed by atoms with Crippen LogP contribution in [0.3, 0.4) is 0 Å². The van der Waals surface area contributed by atoms with E-state index in [1.807, 2.05) is 19.1 Å². The molecule has 164 valence electrons. The van der Waals surface area contributed by atoms with E-state index in [9.17, 15) is 17.6 Å². The Balaban J connectivity index is 1.65. The zero-order chi connectivity index (χ0) is 22.9. The van der Waals surface area contributed by atoms with Crippen LogP contribution in [0, 0.1) is 12.7 Å². The molecule has 1 N–H and O–H groups in total. The standard InChI is InChI=1S/C24H20BrFN2O3S/c1-16-12-18(25)10-11-21(16)27-24(29)14-28-13-23(19-7-3-5-9-22(19)28)32(30,31)15-17-6-2-4-8-20(17)26/h2-13H,14-15H2,1H3,(H,27,29). The number of sulfone groups is 1. The Morgan fingerprint density at radius 1 is 1.06 bits per heavy atom. The van der Waals surface area contributed by atoms with Crippen molar-refractivity contribution in [3.8, 4) is 0 Å². The van der Waals surface area contributed by atoms with Gasteiger partial charge in [0.1, 0.15) is 12.4 Å². The molecule has 0 bridgehead atoms. The van der Waals surface area contributed by atoms with Gasteiger partial charge in [-0.2, -0.15) is 0 Å². The van der Waals surface area contributed by atoms with Crippen molar-refractivity contribution in [2.75, 3.05) is 5.32 Å². The number of halogens is 2. The summed E-state index contributed by atoms with van der Waals surface area (Å²) >= 11 is 3.40. The average molecular weight is 515 g/mol. The molecule has 0 aliphatic rings. The molecule has 1 heterocycles. The minimum atomic E-state index is -3.85. The predicted octanol–water partition coefficient (Wildman–Crippen LogP) is 5.46. The third-order valence-electron chi connectivity index (χ3n) is 5.17. The van der Waals surface area contributed by atoms with Crippen LogP contribution < -0.4 is 5.32 Å². The third kappa shape index (κ3) is 4.61. The summed E-state index contributed by atoms with van der Waals surface area (Å²) in [6, 6.07) is 18.3. The Hall–Kier alpha value is -2.97. The van der Waals surface area contributed by atoms with E-state index in [1.165, 1.54) is 24.4 Å². The molecule has 8 heteroatoms. The Kier molecular flexibility index (Phi) is 6.17. The van der Waals surface area contributed by atoms with Crippen LogP contribution in [-0.2, 0) is 26.9 Å². The van der Waals surface area contributed by atoms with Gasteiger partial charge in [-0.15, -0.1) is 0 Å². The van der Waals surface area contributed by atoms with Gasteiger partial charge in [-0.1, -0.05) is 52.3 Å². The van der Waals surface area contributed by atoms with E-state index in [0.29, 0.717) is 16.6 Å². The molecular weight excluding hydrogens is 495 g/mol. The highest BCUT2D eigenvalue weighted by molar-refractivity contribution is 9.10. The number of anilines is 1. The fourth-order valence-electron chi connectivity index (χ4n) is 3.60. The van der Waals surface area contributed by atoms with Crippen molar-refractivity contribution in [2.24, 2.45) is 0 Å². The number of fused-ring (bicyclic) bond motifs is 1. The molecule has 0 aliphatic heterocycles. The molecule has 1 amide bonds. The van der Waals surface area contributed by atoms with Gasteiger partial charge in [0.2, 0.25) is 5.91 Å². The summed E-state index contributed by atoms with van der Waals surface area (Å²) in [6.07, 6.45) is 1.45. The van der Waals surface area contributed by atoms with Crippen molar-refractivity contribution in [1.29, 1.82) is 0 Å². The quantitative estimate of drug-likeness (QED) is 0.371. The molecule has 0 saturated heterocycles. The van der Waals surface area contributed by atoms with Gasteiger partial charge in [-0.05, 0) is 42.8 Å². The Labute approximate surface area is 193 Å². The van der Waals surface area contributed by atoms with E-state index in [0.717, 1.165) is 10.0 Å². The first kappa shape index (κ1) is 22.2. The minimum absolute atomic E-state index is 0.0643. The van der Waals surface area contributed by atoms with Crippen molar-refractivity contribution in [3.63, 3.8) is 0 Å². The number of carbonyl (C=O) groups is 1. The number of carbonyl (C=O) groups excluding carboxylic acids is 1. The molecule has 0 spiro atoms. The molecule has 4 aromatic rings. The monoisotopic (exact) mass is 514 g/mol. The van der Waals surface area contributed by atoms with Crippen LogP contribution >= 0.6 is 15.9 Å². The van der Waals surface area contributed by atoms with E-state index in [-0.39, 0.29) is 22.9 Å². The van der Waals surface area contributed by atoms with Crippen LogP contribution in [0.2, 0.25) is 0 Å². The van der Waals surface area contributed by atoms with Gasteiger partial charge < -0.3 is 9.88 Å².